The van der Waals surface area contributed by atoms with Gasteiger partial charge in [-0.3, -0.25) is 0 Å². The lowest BCUT2D eigenvalue weighted by Crippen LogP contribution is -1.87. The molecule has 0 atom stereocenters. The molecule has 66 valence electrons. The zero-order valence-electron chi connectivity index (χ0n) is 7.18. The summed E-state index contributed by atoms with van der Waals surface area (Å²) < 4.78 is 12.7. The highest BCUT2D eigenvalue weighted by Gasteiger charge is 2.01. The minimum atomic E-state index is -0.279. The van der Waals surface area contributed by atoms with E-state index in [2.05, 4.69) is 6.92 Å². The van der Waals surface area contributed by atoms with Crippen LogP contribution >= 0.6 is 0 Å². The summed E-state index contributed by atoms with van der Waals surface area (Å²) in [6, 6.07) is 4.07. The molecule has 0 aliphatic heterocycles. The highest BCUT2D eigenvalue weighted by Crippen LogP contribution is 2.19. The molecular weight excluding hydrogens is 155 g/mol. The monoisotopic (exact) mass is 168 g/mol. The van der Waals surface area contributed by atoms with Crippen LogP contribution in [0.4, 0.5) is 4.39 Å². The van der Waals surface area contributed by atoms with E-state index in [1.165, 1.54) is 18.2 Å². The lowest BCUT2D eigenvalue weighted by atomic mass is 10.1. The second-order valence-electron chi connectivity index (χ2n) is 2.88. The van der Waals surface area contributed by atoms with Crippen molar-refractivity contribution in [1.29, 1.82) is 0 Å². The van der Waals surface area contributed by atoms with Crippen molar-refractivity contribution in [2.75, 3.05) is 0 Å². The number of benzene rings is 1. The third-order valence-corrected chi connectivity index (χ3v) is 1.84. The van der Waals surface area contributed by atoms with Crippen molar-refractivity contribution in [3.8, 4) is 5.75 Å². The number of hydrogen-bond acceptors (Lipinski definition) is 1. The first kappa shape index (κ1) is 9.04. The van der Waals surface area contributed by atoms with E-state index in [9.17, 15) is 9.50 Å². The Morgan fingerprint density at radius 2 is 2.17 bits per heavy atom. The van der Waals surface area contributed by atoms with Crippen LogP contribution in [0.5, 0.6) is 5.75 Å². The van der Waals surface area contributed by atoms with Crippen LogP contribution in [-0.2, 0) is 6.42 Å². The van der Waals surface area contributed by atoms with Gasteiger partial charge in [0.05, 0.1) is 0 Å². The molecule has 1 rings (SSSR count). The predicted octanol–water partition coefficient (Wildman–Crippen LogP) is 2.87. The molecule has 0 saturated heterocycles. The van der Waals surface area contributed by atoms with Gasteiger partial charge in [0.1, 0.15) is 11.6 Å². The molecule has 0 heterocycles. The van der Waals surface area contributed by atoms with Crippen LogP contribution < -0.4 is 0 Å². The second kappa shape index (κ2) is 4.10. The van der Waals surface area contributed by atoms with Crippen LogP contribution in [0.3, 0.4) is 0 Å². The summed E-state index contributed by atoms with van der Waals surface area (Å²) in [5, 5.41) is 9.29. The summed E-state index contributed by atoms with van der Waals surface area (Å²) in [4.78, 5) is 0. The van der Waals surface area contributed by atoms with E-state index in [-0.39, 0.29) is 11.6 Å². The fourth-order valence-electron chi connectivity index (χ4n) is 1.12. The molecule has 0 aliphatic carbocycles. The lowest BCUT2D eigenvalue weighted by Gasteiger charge is -2.02. The number of unbranched alkanes of at least 4 members (excludes halogenated alkanes) is 1. The minimum absolute atomic E-state index is 0.199. The molecule has 0 radical (unpaired) electrons. The largest absolute Gasteiger partial charge is 0.508 e. The van der Waals surface area contributed by atoms with Crippen LogP contribution in [-0.4, -0.2) is 5.11 Å². The van der Waals surface area contributed by atoms with E-state index in [0.717, 1.165) is 19.3 Å². The fourth-order valence-corrected chi connectivity index (χ4v) is 1.12. The molecule has 0 bridgehead atoms. The number of phenols is 1. The van der Waals surface area contributed by atoms with Crippen LogP contribution in [0.25, 0.3) is 0 Å². The molecule has 1 aromatic carbocycles. The van der Waals surface area contributed by atoms with Gasteiger partial charge in [-0.1, -0.05) is 13.3 Å². The smallest absolute Gasteiger partial charge is 0.123 e. The first-order valence-electron chi connectivity index (χ1n) is 4.21. The summed E-state index contributed by atoms with van der Waals surface area (Å²) in [6.07, 6.45) is 2.78. The van der Waals surface area contributed by atoms with Crippen molar-refractivity contribution in [2.24, 2.45) is 0 Å². The van der Waals surface area contributed by atoms with Crippen molar-refractivity contribution in [3.63, 3.8) is 0 Å². The molecule has 0 spiro atoms. The number of aryl methyl sites for hydroxylation is 1. The maximum atomic E-state index is 12.7. The Balaban J connectivity index is 2.75. The van der Waals surface area contributed by atoms with Crippen LogP contribution in [0, 0.1) is 5.82 Å². The van der Waals surface area contributed by atoms with Crippen LogP contribution in [0.15, 0.2) is 18.2 Å². The van der Waals surface area contributed by atoms with E-state index >= 15 is 0 Å². The minimum Gasteiger partial charge on any atom is -0.508 e. The Hall–Kier alpha value is -1.05. The van der Waals surface area contributed by atoms with E-state index in [1.807, 2.05) is 0 Å². The van der Waals surface area contributed by atoms with Crippen molar-refractivity contribution >= 4 is 0 Å². The third kappa shape index (κ3) is 2.22. The van der Waals surface area contributed by atoms with E-state index in [1.54, 1.807) is 0 Å². The lowest BCUT2D eigenvalue weighted by molar-refractivity contribution is 0.464. The first-order chi connectivity index (χ1) is 5.74. The van der Waals surface area contributed by atoms with E-state index in [0.29, 0.717) is 5.56 Å². The van der Waals surface area contributed by atoms with Crippen molar-refractivity contribution in [1.82, 2.24) is 0 Å². The summed E-state index contributed by atoms with van der Waals surface area (Å²) in [5.41, 5.74) is 0.705. The number of hydrogen-bond donors (Lipinski definition) is 1. The predicted molar refractivity (Wildman–Crippen MR) is 46.7 cm³/mol. The van der Waals surface area contributed by atoms with Gasteiger partial charge in [0.25, 0.3) is 0 Å². The van der Waals surface area contributed by atoms with Gasteiger partial charge in [-0.05, 0) is 36.6 Å². The van der Waals surface area contributed by atoms with E-state index in [4.69, 9.17) is 0 Å². The third-order valence-electron chi connectivity index (χ3n) is 1.84. The number of phenolic OH excluding ortho intramolecular Hbond substituents is 1. The maximum absolute atomic E-state index is 12.7. The molecule has 1 N–H and O–H groups in total. The number of halogens is 1. The Kier molecular flexibility index (Phi) is 3.09. The number of aromatic hydroxyl groups is 1. The quantitative estimate of drug-likeness (QED) is 0.735. The summed E-state index contributed by atoms with van der Waals surface area (Å²) in [7, 11) is 0. The normalized spacial score (nSPS) is 10.2. The zero-order valence-corrected chi connectivity index (χ0v) is 7.18. The molecule has 1 nitrogen and oxygen atoms in total. The van der Waals surface area contributed by atoms with Gasteiger partial charge in [-0.2, -0.15) is 0 Å². The maximum Gasteiger partial charge on any atom is 0.123 e. The van der Waals surface area contributed by atoms with Gasteiger partial charge in [0.2, 0.25) is 0 Å². The second-order valence-corrected chi connectivity index (χ2v) is 2.88. The van der Waals surface area contributed by atoms with Crippen molar-refractivity contribution < 1.29 is 9.50 Å². The highest BCUT2D eigenvalue weighted by atomic mass is 19.1. The Morgan fingerprint density at radius 3 is 2.83 bits per heavy atom. The highest BCUT2D eigenvalue weighted by molar-refractivity contribution is 5.32. The van der Waals surface area contributed by atoms with Gasteiger partial charge in [-0.15, -0.1) is 0 Å². The van der Waals surface area contributed by atoms with Gasteiger partial charge >= 0.3 is 0 Å². The molecule has 0 amide bonds. The fraction of sp³-hybridized carbons (Fsp3) is 0.400. The standard InChI is InChI=1S/C10H13FO/c1-2-3-4-8-7-9(11)5-6-10(8)12/h5-7,12H,2-4H2,1H3. The average Bonchev–Trinajstić information content (AvgIpc) is 2.07. The zero-order chi connectivity index (χ0) is 8.97. The summed E-state index contributed by atoms with van der Waals surface area (Å²) >= 11 is 0. The molecule has 12 heavy (non-hydrogen) atoms. The Bertz CT molecular complexity index is 258. The van der Waals surface area contributed by atoms with Gasteiger partial charge in [0, 0.05) is 0 Å². The van der Waals surface area contributed by atoms with Gasteiger partial charge in [0.15, 0.2) is 0 Å². The Morgan fingerprint density at radius 1 is 1.42 bits per heavy atom. The molecule has 0 saturated carbocycles. The molecule has 1 aromatic rings. The van der Waals surface area contributed by atoms with Crippen molar-refractivity contribution in [2.45, 2.75) is 26.2 Å². The van der Waals surface area contributed by atoms with Gasteiger partial charge < -0.3 is 5.11 Å². The van der Waals surface area contributed by atoms with Crippen LogP contribution in [0.2, 0.25) is 0 Å². The Labute approximate surface area is 71.9 Å². The van der Waals surface area contributed by atoms with E-state index < -0.39 is 0 Å². The van der Waals surface area contributed by atoms with Gasteiger partial charge in [-0.25, -0.2) is 4.39 Å². The molecule has 0 fully saturated rings. The first-order valence-corrected chi connectivity index (χ1v) is 4.21. The average molecular weight is 168 g/mol. The summed E-state index contributed by atoms with van der Waals surface area (Å²) in [5.74, 6) is -0.0799. The summed E-state index contributed by atoms with van der Waals surface area (Å²) in [6.45, 7) is 2.07. The molecule has 2 heteroatoms. The molecule has 0 unspecified atom stereocenters. The molecular formula is C10H13FO. The SMILES string of the molecule is CCCCc1cc(F)ccc1O. The van der Waals surface area contributed by atoms with Crippen molar-refractivity contribution in [3.05, 3.63) is 29.6 Å². The molecule has 0 aromatic heterocycles. The van der Waals surface area contributed by atoms with Crippen LogP contribution in [0.1, 0.15) is 25.3 Å². The topological polar surface area (TPSA) is 20.2 Å². The number of rotatable bonds is 3. The molecule has 0 aliphatic rings.